The van der Waals surface area contributed by atoms with Crippen molar-refractivity contribution in [1.29, 1.82) is 0 Å². The third-order valence-electron chi connectivity index (χ3n) is 2.53. The predicted octanol–water partition coefficient (Wildman–Crippen LogP) is 1.63. The van der Waals surface area contributed by atoms with E-state index in [9.17, 15) is 9.59 Å². The number of aromatic nitrogens is 2. The maximum Gasteiger partial charge on any atom is 0.268 e. The zero-order valence-corrected chi connectivity index (χ0v) is 11.4. The molecule has 0 spiro atoms. The van der Waals surface area contributed by atoms with Crippen LogP contribution in [0, 0.1) is 18.8 Å². The molecule has 0 aromatic carbocycles. The summed E-state index contributed by atoms with van der Waals surface area (Å²) < 4.78 is 3.16. The average molecular weight is 238 g/mol. The lowest BCUT2D eigenvalue weighted by Gasteiger charge is -2.19. The van der Waals surface area contributed by atoms with Gasteiger partial charge in [-0.2, -0.15) is 0 Å². The van der Waals surface area contributed by atoms with Gasteiger partial charge in [-0.3, -0.25) is 9.59 Å². The molecule has 0 fully saturated rings. The third-order valence-corrected chi connectivity index (χ3v) is 2.53. The summed E-state index contributed by atoms with van der Waals surface area (Å²) in [6.45, 7) is 11.0. The Hall–Kier alpha value is -1.32. The van der Waals surface area contributed by atoms with Crippen molar-refractivity contribution in [3.8, 4) is 0 Å². The predicted molar refractivity (Wildman–Crippen MR) is 69.4 cm³/mol. The van der Waals surface area contributed by atoms with Gasteiger partial charge in [0, 0.05) is 24.7 Å². The highest BCUT2D eigenvalue weighted by Gasteiger charge is 2.11. The van der Waals surface area contributed by atoms with E-state index in [0.29, 0.717) is 30.5 Å². The van der Waals surface area contributed by atoms with Gasteiger partial charge in [0.1, 0.15) is 0 Å². The molecule has 1 aromatic heterocycles. The Kier molecular flexibility index (Phi) is 4.32. The first kappa shape index (κ1) is 13.7. The van der Waals surface area contributed by atoms with Crippen LogP contribution in [0.15, 0.2) is 15.7 Å². The summed E-state index contributed by atoms with van der Waals surface area (Å²) in [7, 11) is 0. The highest BCUT2D eigenvalue weighted by molar-refractivity contribution is 5.04. The summed E-state index contributed by atoms with van der Waals surface area (Å²) >= 11 is 0. The highest BCUT2D eigenvalue weighted by atomic mass is 16.2. The second-order valence-corrected chi connectivity index (χ2v) is 5.42. The van der Waals surface area contributed by atoms with E-state index in [2.05, 4.69) is 0 Å². The summed E-state index contributed by atoms with van der Waals surface area (Å²) in [6, 6.07) is 1.43. The van der Waals surface area contributed by atoms with E-state index in [1.807, 2.05) is 27.7 Å². The molecule has 96 valence electrons. The van der Waals surface area contributed by atoms with Crippen LogP contribution in [0.4, 0.5) is 0 Å². The van der Waals surface area contributed by atoms with Crippen LogP contribution in [-0.4, -0.2) is 9.36 Å². The lowest BCUT2D eigenvalue weighted by molar-refractivity contribution is 0.333. The molecule has 0 aliphatic rings. The first-order valence-corrected chi connectivity index (χ1v) is 6.14. The maximum atomic E-state index is 12.1. The molecule has 0 bridgehead atoms. The van der Waals surface area contributed by atoms with E-state index in [4.69, 9.17) is 0 Å². The minimum Gasteiger partial charge on any atom is -0.268 e. The van der Waals surface area contributed by atoms with Crippen LogP contribution in [0.1, 0.15) is 33.3 Å². The molecule has 0 atom stereocenters. The minimum atomic E-state index is -0.0866. The largest absolute Gasteiger partial charge is 0.268 e. The molecule has 0 saturated carbocycles. The lowest BCUT2D eigenvalue weighted by Crippen LogP contribution is -2.41. The molecule has 1 heterocycles. The van der Waals surface area contributed by atoms with Gasteiger partial charge in [0.2, 0.25) is 0 Å². The normalized spacial score (nSPS) is 11.5. The molecule has 0 unspecified atom stereocenters. The maximum absolute atomic E-state index is 12.1. The Labute approximate surface area is 102 Å². The van der Waals surface area contributed by atoms with Crippen molar-refractivity contribution in [2.75, 3.05) is 0 Å². The Bertz CT molecular complexity index is 495. The van der Waals surface area contributed by atoms with Crippen molar-refractivity contribution < 1.29 is 0 Å². The zero-order chi connectivity index (χ0) is 13.2. The van der Waals surface area contributed by atoms with Crippen molar-refractivity contribution in [2.45, 2.75) is 47.7 Å². The highest BCUT2D eigenvalue weighted by Crippen LogP contribution is 2.00. The number of nitrogens with zero attached hydrogens (tertiary/aromatic N) is 2. The van der Waals surface area contributed by atoms with E-state index in [0.717, 1.165) is 0 Å². The van der Waals surface area contributed by atoms with Crippen molar-refractivity contribution in [2.24, 2.45) is 11.8 Å². The van der Waals surface area contributed by atoms with E-state index < -0.39 is 0 Å². The van der Waals surface area contributed by atoms with E-state index >= 15 is 0 Å². The monoisotopic (exact) mass is 238 g/mol. The number of hydrogen-bond acceptors (Lipinski definition) is 2. The molecule has 4 nitrogen and oxygen atoms in total. The Balaban J connectivity index is 3.39. The van der Waals surface area contributed by atoms with Gasteiger partial charge in [-0.25, -0.2) is 9.36 Å². The molecule has 0 aliphatic heterocycles. The Morgan fingerprint density at radius 1 is 1.00 bits per heavy atom. The second kappa shape index (κ2) is 5.34. The summed E-state index contributed by atoms with van der Waals surface area (Å²) in [5.74, 6) is 0.681. The fourth-order valence-electron chi connectivity index (χ4n) is 1.82. The van der Waals surface area contributed by atoms with Crippen LogP contribution in [0.2, 0.25) is 0 Å². The van der Waals surface area contributed by atoms with Crippen LogP contribution >= 0.6 is 0 Å². The Morgan fingerprint density at radius 3 is 1.94 bits per heavy atom. The van der Waals surface area contributed by atoms with Gasteiger partial charge in [0.25, 0.3) is 11.1 Å². The summed E-state index contributed by atoms with van der Waals surface area (Å²) in [5.41, 5.74) is 0.381. The molecule has 0 aliphatic carbocycles. The molecular weight excluding hydrogens is 216 g/mol. The summed E-state index contributed by atoms with van der Waals surface area (Å²) in [4.78, 5) is 24.0. The molecule has 4 heteroatoms. The average Bonchev–Trinajstić information content (AvgIpc) is 2.19. The number of aryl methyl sites for hydroxylation is 1. The van der Waals surface area contributed by atoms with Crippen LogP contribution in [0.5, 0.6) is 0 Å². The molecule has 0 N–H and O–H groups in total. The fraction of sp³-hybridized carbons (Fsp3) is 0.692. The van der Waals surface area contributed by atoms with Gasteiger partial charge >= 0.3 is 0 Å². The standard InChI is InChI=1S/C13H22N2O2/c1-9(2)7-14-12(16)6-11(5)13(17)15(14)8-10(3)4/h6,9-10H,7-8H2,1-5H3. The van der Waals surface area contributed by atoms with Gasteiger partial charge < -0.3 is 0 Å². The van der Waals surface area contributed by atoms with Crippen molar-refractivity contribution in [3.05, 3.63) is 32.3 Å². The number of hydrogen-bond donors (Lipinski definition) is 0. The number of rotatable bonds is 4. The van der Waals surface area contributed by atoms with E-state index in [1.165, 1.54) is 6.07 Å². The lowest BCUT2D eigenvalue weighted by atomic mass is 10.2. The Morgan fingerprint density at radius 2 is 1.47 bits per heavy atom. The first-order chi connectivity index (χ1) is 7.82. The molecule has 17 heavy (non-hydrogen) atoms. The van der Waals surface area contributed by atoms with Gasteiger partial charge in [-0.15, -0.1) is 0 Å². The van der Waals surface area contributed by atoms with Crippen LogP contribution in [0.3, 0.4) is 0 Å². The van der Waals surface area contributed by atoms with E-state index in [-0.39, 0.29) is 11.1 Å². The topological polar surface area (TPSA) is 44.0 Å². The van der Waals surface area contributed by atoms with Crippen LogP contribution in [-0.2, 0) is 13.1 Å². The van der Waals surface area contributed by atoms with Gasteiger partial charge in [0.15, 0.2) is 0 Å². The molecule has 1 rings (SSSR count). The molecule has 0 saturated heterocycles. The molecular formula is C13H22N2O2. The quantitative estimate of drug-likeness (QED) is 0.800. The van der Waals surface area contributed by atoms with Crippen molar-refractivity contribution >= 4 is 0 Å². The molecule has 1 aromatic rings. The summed E-state index contributed by atoms with van der Waals surface area (Å²) in [5, 5.41) is 0. The van der Waals surface area contributed by atoms with Gasteiger partial charge in [0.05, 0.1) is 0 Å². The first-order valence-electron chi connectivity index (χ1n) is 6.14. The molecule has 0 radical (unpaired) electrons. The van der Waals surface area contributed by atoms with Crippen LogP contribution < -0.4 is 11.1 Å². The summed E-state index contributed by atoms with van der Waals surface area (Å²) in [6.07, 6.45) is 0. The SMILES string of the molecule is Cc1cc(=O)n(CC(C)C)n(CC(C)C)c1=O. The van der Waals surface area contributed by atoms with Gasteiger partial charge in [-0.05, 0) is 18.8 Å². The van der Waals surface area contributed by atoms with E-state index in [1.54, 1.807) is 16.3 Å². The fourth-order valence-corrected chi connectivity index (χ4v) is 1.82. The zero-order valence-electron chi connectivity index (χ0n) is 11.4. The smallest absolute Gasteiger partial charge is 0.268 e. The third kappa shape index (κ3) is 3.32. The van der Waals surface area contributed by atoms with Crippen molar-refractivity contribution in [1.82, 2.24) is 9.36 Å². The molecule has 0 amide bonds. The van der Waals surface area contributed by atoms with Crippen molar-refractivity contribution in [3.63, 3.8) is 0 Å². The van der Waals surface area contributed by atoms with Crippen LogP contribution in [0.25, 0.3) is 0 Å². The van der Waals surface area contributed by atoms with Gasteiger partial charge in [-0.1, -0.05) is 27.7 Å². The minimum absolute atomic E-state index is 0.0565. The second-order valence-electron chi connectivity index (χ2n) is 5.42.